The maximum atomic E-state index is 5.21. The smallest absolute Gasteiger partial charge is 0.200 e. The molecule has 0 aliphatic carbocycles. The van der Waals surface area contributed by atoms with Gasteiger partial charge >= 0.3 is 0 Å². The molecule has 1 N–H and O–H groups in total. The number of nitrogens with one attached hydrogen (secondary N) is 1. The Morgan fingerprint density at radius 2 is 2.00 bits per heavy atom. The van der Waals surface area contributed by atoms with Crippen molar-refractivity contribution in [3.05, 3.63) is 36.7 Å². The summed E-state index contributed by atoms with van der Waals surface area (Å²) in [4.78, 5) is 2.17. The van der Waals surface area contributed by atoms with Gasteiger partial charge < -0.3 is 15.0 Å². The first-order valence-corrected chi connectivity index (χ1v) is 7.91. The third-order valence-corrected chi connectivity index (χ3v) is 3.75. The zero-order valence-electron chi connectivity index (χ0n) is 14.2. The molecule has 1 aromatic carbocycles. The third-order valence-electron chi connectivity index (χ3n) is 3.75. The number of rotatable bonds is 7. The predicted molar refractivity (Wildman–Crippen MR) is 94.4 cm³/mol. The molecule has 0 saturated carbocycles. The van der Waals surface area contributed by atoms with E-state index in [1.54, 1.807) is 18.0 Å². The highest BCUT2D eigenvalue weighted by atomic mass is 16.5. The fourth-order valence-corrected chi connectivity index (χ4v) is 2.48. The summed E-state index contributed by atoms with van der Waals surface area (Å²) < 4.78 is 6.91. The molecule has 0 atom stereocenters. The quantitative estimate of drug-likeness (QED) is 0.671. The van der Waals surface area contributed by atoms with Crippen LogP contribution in [0.4, 0.5) is 5.69 Å². The maximum Gasteiger partial charge on any atom is 0.200 e. The third kappa shape index (κ3) is 3.62. The van der Waals surface area contributed by atoms with Crippen LogP contribution in [0.3, 0.4) is 0 Å². The Bertz CT molecular complexity index is 796. The monoisotopic (exact) mass is 326 g/mol. The molecule has 0 bridgehead atoms. The first-order valence-electron chi connectivity index (χ1n) is 7.91. The van der Waals surface area contributed by atoms with E-state index >= 15 is 0 Å². The highest BCUT2D eigenvalue weighted by molar-refractivity contribution is 5.73. The van der Waals surface area contributed by atoms with Crippen molar-refractivity contribution in [2.24, 2.45) is 0 Å². The van der Waals surface area contributed by atoms with Gasteiger partial charge in [0.15, 0.2) is 0 Å². The van der Waals surface area contributed by atoms with Crippen LogP contribution in [0.15, 0.2) is 36.7 Å². The highest BCUT2D eigenvalue weighted by Gasteiger charge is 2.09. The Morgan fingerprint density at radius 3 is 2.71 bits per heavy atom. The average molecular weight is 326 g/mol. The zero-order chi connectivity index (χ0) is 16.9. The lowest BCUT2D eigenvalue weighted by atomic mass is 10.1. The van der Waals surface area contributed by atoms with E-state index in [9.17, 15) is 0 Å². The van der Waals surface area contributed by atoms with Crippen LogP contribution >= 0.6 is 0 Å². The van der Waals surface area contributed by atoms with E-state index < -0.39 is 0 Å². The van der Waals surface area contributed by atoms with Gasteiger partial charge in [-0.15, -0.1) is 10.2 Å². The van der Waals surface area contributed by atoms with E-state index in [0.717, 1.165) is 47.9 Å². The summed E-state index contributed by atoms with van der Waals surface area (Å²) in [7, 11) is 5.81. The summed E-state index contributed by atoms with van der Waals surface area (Å²) in [5, 5.41) is 16.1. The van der Waals surface area contributed by atoms with Crippen molar-refractivity contribution in [1.82, 2.24) is 24.7 Å². The summed E-state index contributed by atoms with van der Waals surface area (Å²) in [5.41, 5.74) is 3.55. The summed E-state index contributed by atoms with van der Waals surface area (Å²) >= 11 is 0. The maximum absolute atomic E-state index is 5.21. The highest BCUT2D eigenvalue weighted by Crippen LogP contribution is 2.24. The van der Waals surface area contributed by atoms with Gasteiger partial charge in [-0.05, 0) is 57.4 Å². The Hall–Kier alpha value is -2.67. The fourth-order valence-electron chi connectivity index (χ4n) is 2.48. The molecular formula is C17H22N6O. The summed E-state index contributed by atoms with van der Waals surface area (Å²) in [6, 6.07) is 9.86. The molecule has 0 fully saturated rings. The SMILES string of the molecule is COc1ccc(-c2cc(NCCCN(C)C)c3nncn3n2)cc1. The van der Waals surface area contributed by atoms with Crippen LogP contribution in [0.2, 0.25) is 0 Å². The largest absolute Gasteiger partial charge is 0.497 e. The van der Waals surface area contributed by atoms with Crippen LogP contribution in [-0.4, -0.2) is 59.0 Å². The Kier molecular flexibility index (Phi) is 4.90. The van der Waals surface area contributed by atoms with Gasteiger partial charge in [0.2, 0.25) is 5.65 Å². The molecule has 0 radical (unpaired) electrons. The molecule has 0 amide bonds. The molecule has 24 heavy (non-hydrogen) atoms. The lowest BCUT2D eigenvalue weighted by Crippen LogP contribution is -2.16. The second-order valence-corrected chi connectivity index (χ2v) is 5.85. The molecule has 0 unspecified atom stereocenters. The van der Waals surface area contributed by atoms with Crippen LogP contribution in [-0.2, 0) is 0 Å². The molecule has 3 rings (SSSR count). The summed E-state index contributed by atoms with van der Waals surface area (Å²) in [5.74, 6) is 0.825. The molecule has 7 nitrogen and oxygen atoms in total. The van der Waals surface area contributed by atoms with Crippen LogP contribution in [0.25, 0.3) is 16.9 Å². The van der Waals surface area contributed by atoms with Crippen molar-refractivity contribution < 1.29 is 4.74 Å². The minimum atomic E-state index is 0.733. The van der Waals surface area contributed by atoms with Gasteiger partial charge in [0.05, 0.1) is 18.5 Å². The molecule has 0 spiro atoms. The molecule has 2 heterocycles. The first kappa shape index (κ1) is 16.2. The number of aromatic nitrogens is 4. The minimum Gasteiger partial charge on any atom is -0.497 e. The number of hydrogen-bond acceptors (Lipinski definition) is 6. The topological polar surface area (TPSA) is 67.6 Å². The molecule has 3 aromatic rings. The van der Waals surface area contributed by atoms with E-state index in [-0.39, 0.29) is 0 Å². The fraction of sp³-hybridized carbons (Fsp3) is 0.353. The standard InChI is InChI=1S/C17H22N6O/c1-22(2)10-4-9-18-16-11-15(21-23-12-19-20-17(16)23)13-5-7-14(24-3)8-6-13/h5-8,11-12,18H,4,9-10H2,1-3H3. The summed E-state index contributed by atoms with van der Waals surface area (Å²) in [6.07, 6.45) is 2.67. The van der Waals surface area contributed by atoms with Crippen LogP contribution in [0, 0.1) is 0 Å². The van der Waals surface area contributed by atoms with Crippen molar-refractivity contribution in [3.8, 4) is 17.0 Å². The number of ether oxygens (including phenoxy) is 1. The molecular weight excluding hydrogens is 304 g/mol. The van der Waals surface area contributed by atoms with E-state index in [1.807, 2.05) is 30.3 Å². The number of methoxy groups -OCH3 is 1. The number of benzene rings is 1. The van der Waals surface area contributed by atoms with E-state index in [4.69, 9.17) is 4.74 Å². The van der Waals surface area contributed by atoms with E-state index in [0.29, 0.717) is 0 Å². The predicted octanol–water partition coefficient (Wildman–Crippen LogP) is 2.16. The Labute approximate surface area is 141 Å². The van der Waals surface area contributed by atoms with Crippen molar-refractivity contribution in [2.75, 3.05) is 39.6 Å². The van der Waals surface area contributed by atoms with Crippen molar-refractivity contribution in [3.63, 3.8) is 0 Å². The second kappa shape index (κ2) is 7.27. The average Bonchev–Trinajstić information content (AvgIpc) is 3.07. The van der Waals surface area contributed by atoms with Crippen molar-refractivity contribution in [2.45, 2.75) is 6.42 Å². The summed E-state index contributed by atoms with van der Waals surface area (Å²) in [6.45, 7) is 1.90. The van der Waals surface area contributed by atoms with Gasteiger partial charge in [-0.25, -0.2) is 0 Å². The van der Waals surface area contributed by atoms with Crippen molar-refractivity contribution in [1.29, 1.82) is 0 Å². The number of hydrogen-bond donors (Lipinski definition) is 1. The second-order valence-electron chi connectivity index (χ2n) is 5.85. The van der Waals surface area contributed by atoms with Gasteiger partial charge in [0, 0.05) is 12.1 Å². The van der Waals surface area contributed by atoms with Gasteiger partial charge in [-0.2, -0.15) is 9.61 Å². The lowest BCUT2D eigenvalue weighted by molar-refractivity contribution is 0.405. The minimum absolute atomic E-state index is 0.733. The Morgan fingerprint density at radius 1 is 1.21 bits per heavy atom. The van der Waals surface area contributed by atoms with Gasteiger partial charge in [-0.1, -0.05) is 0 Å². The molecule has 0 saturated heterocycles. The molecule has 126 valence electrons. The van der Waals surface area contributed by atoms with Gasteiger partial charge in [-0.3, -0.25) is 0 Å². The molecule has 0 aliphatic rings. The van der Waals surface area contributed by atoms with Crippen LogP contribution in [0.1, 0.15) is 6.42 Å². The number of fused-ring (bicyclic) bond motifs is 1. The van der Waals surface area contributed by atoms with Gasteiger partial charge in [0.25, 0.3) is 0 Å². The number of anilines is 1. The van der Waals surface area contributed by atoms with Crippen LogP contribution in [0.5, 0.6) is 5.75 Å². The molecule has 0 aliphatic heterocycles. The van der Waals surface area contributed by atoms with Gasteiger partial charge in [0.1, 0.15) is 12.1 Å². The molecule has 7 heteroatoms. The first-order chi connectivity index (χ1) is 11.7. The Balaban J connectivity index is 1.86. The number of nitrogens with zero attached hydrogens (tertiary/aromatic N) is 5. The lowest BCUT2D eigenvalue weighted by Gasteiger charge is -2.12. The molecule has 2 aromatic heterocycles. The zero-order valence-corrected chi connectivity index (χ0v) is 14.2. The van der Waals surface area contributed by atoms with Crippen LogP contribution < -0.4 is 10.1 Å². The normalized spacial score (nSPS) is 11.2. The van der Waals surface area contributed by atoms with Crippen molar-refractivity contribution >= 4 is 11.3 Å². The van der Waals surface area contributed by atoms with E-state index in [2.05, 4.69) is 39.6 Å². The van der Waals surface area contributed by atoms with E-state index in [1.165, 1.54) is 0 Å².